The van der Waals surface area contributed by atoms with Gasteiger partial charge >= 0.3 is 0 Å². The maximum absolute atomic E-state index is 12.7. The van der Waals surface area contributed by atoms with Crippen molar-refractivity contribution in [3.63, 3.8) is 0 Å². The van der Waals surface area contributed by atoms with Crippen molar-refractivity contribution in [1.29, 1.82) is 0 Å². The van der Waals surface area contributed by atoms with Gasteiger partial charge in [0.25, 0.3) is 0 Å². The van der Waals surface area contributed by atoms with Crippen LogP contribution >= 0.6 is 0 Å². The molecule has 6 nitrogen and oxygen atoms in total. The van der Waals surface area contributed by atoms with Crippen molar-refractivity contribution in [2.24, 2.45) is 16.9 Å². The van der Waals surface area contributed by atoms with Crippen LogP contribution in [-0.4, -0.2) is 23.4 Å². The van der Waals surface area contributed by atoms with Gasteiger partial charge in [0.2, 0.25) is 17.7 Å². The molecule has 0 unspecified atom stereocenters. The molecule has 0 aromatic heterocycles. The first-order chi connectivity index (χ1) is 13.0. The zero-order chi connectivity index (χ0) is 19.4. The third-order valence-corrected chi connectivity index (χ3v) is 5.49. The second-order valence-electron chi connectivity index (χ2n) is 7.39. The molecule has 2 aliphatic rings. The van der Waals surface area contributed by atoms with Gasteiger partial charge in [0.1, 0.15) is 0 Å². The summed E-state index contributed by atoms with van der Waals surface area (Å²) in [4.78, 5) is 38.3. The molecule has 1 aliphatic carbocycles. The fourth-order valence-electron chi connectivity index (χ4n) is 3.87. The molecule has 0 bridgehead atoms. The Bertz CT molecular complexity index is 730. The van der Waals surface area contributed by atoms with E-state index >= 15 is 0 Å². The smallest absolute Gasteiger partial charge is 0.240 e. The van der Waals surface area contributed by atoms with Gasteiger partial charge in [0, 0.05) is 6.42 Å². The first-order valence-corrected chi connectivity index (χ1v) is 9.84. The van der Waals surface area contributed by atoms with Crippen LogP contribution in [0.5, 0.6) is 0 Å². The van der Waals surface area contributed by atoms with Gasteiger partial charge < -0.3 is 0 Å². The fraction of sp³-hybridized carbons (Fsp3) is 0.524. The van der Waals surface area contributed by atoms with Gasteiger partial charge in [-0.15, -0.1) is 0 Å². The maximum atomic E-state index is 12.7. The van der Waals surface area contributed by atoms with Crippen LogP contribution in [0.15, 0.2) is 29.4 Å². The van der Waals surface area contributed by atoms with E-state index in [2.05, 4.69) is 10.5 Å². The minimum Gasteiger partial charge on any atom is -0.274 e. The van der Waals surface area contributed by atoms with Crippen molar-refractivity contribution in [3.8, 4) is 0 Å². The summed E-state index contributed by atoms with van der Waals surface area (Å²) in [5.41, 5.74) is 4.70. The summed E-state index contributed by atoms with van der Waals surface area (Å²) in [7, 11) is 0. The van der Waals surface area contributed by atoms with E-state index in [1.807, 2.05) is 26.0 Å². The van der Waals surface area contributed by atoms with Crippen LogP contribution in [0.3, 0.4) is 0 Å². The molecule has 1 saturated carbocycles. The summed E-state index contributed by atoms with van der Waals surface area (Å²) in [5.74, 6) is -0.513. The largest absolute Gasteiger partial charge is 0.274 e. The van der Waals surface area contributed by atoms with Crippen LogP contribution in [-0.2, 0) is 14.4 Å². The monoisotopic (exact) mass is 369 g/mol. The van der Waals surface area contributed by atoms with E-state index < -0.39 is 0 Å². The number of rotatable bonds is 6. The van der Waals surface area contributed by atoms with E-state index in [1.165, 1.54) is 4.90 Å². The van der Waals surface area contributed by atoms with E-state index in [0.29, 0.717) is 17.8 Å². The van der Waals surface area contributed by atoms with Gasteiger partial charge in [-0.2, -0.15) is 5.10 Å². The molecule has 1 saturated heterocycles. The number of hydrogen-bond donors (Lipinski definition) is 1. The lowest BCUT2D eigenvalue weighted by atomic mass is 9.81. The summed E-state index contributed by atoms with van der Waals surface area (Å²) >= 11 is 0. The Morgan fingerprint density at radius 2 is 1.70 bits per heavy atom. The van der Waals surface area contributed by atoms with Gasteiger partial charge in [-0.3, -0.25) is 19.3 Å². The van der Waals surface area contributed by atoms with E-state index in [0.717, 1.165) is 44.1 Å². The minimum atomic E-state index is -0.146. The van der Waals surface area contributed by atoms with Crippen molar-refractivity contribution in [1.82, 2.24) is 5.43 Å². The number of nitrogens with zero attached hydrogens (tertiary/aromatic N) is 2. The van der Waals surface area contributed by atoms with E-state index in [4.69, 9.17) is 0 Å². The Kier molecular flexibility index (Phi) is 6.04. The van der Waals surface area contributed by atoms with E-state index in [1.54, 1.807) is 12.1 Å². The number of unbranched alkanes of at least 4 members (excludes halogenated alkanes) is 1. The molecule has 1 heterocycles. The molecule has 144 valence electrons. The first-order valence-electron chi connectivity index (χ1n) is 9.84. The topological polar surface area (TPSA) is 78.8 Å². The zero-order valence-electron chi connectivity index (χ0n) is 16.0. The van der Waals surface area contributed by atoms with E-state index in [-0.39, 0.29) is 29.6 Å². The number of hydrogen-bond acceptors (Lipinski definition) is 4. The second-order valence-corrected chi connectivity index (χ2v) is 7.39. The number of fused-ring (bicyclic) bond motifs is 1. The molecule has 3 rings (SSSR count). The highest BCUT2D eigenvalue weighted by Gasteiger charge is 2.48. The predicted octanol–water partition coefficient (Wildman–Crippen LogP) is 3.40. The highest BCUT2D eigenvalue weighted by molar-refractivity contribution is 6.22. The second kappa shape index (κ2) is 8.46. The molecule has 1 N–H and O–H groups in total. The zero-order valence-corrected chi connectivity index (χ0v) is 16.0. The van der Waals surface area contributed by atoms with Gasteiger partial charge in [0.15, 0.2) is 0 Å². The lowest BCUT2D eigenvalue weighted by Crippen LogP contribution is -2.30. The molecule has 1 aliphatic heterocycles. The van der Waals surface area contributed by atoms with E-state index in [9.17, 15) is 14.4 Å². The molecule has 1 aromatic carbocycles. The Balaban J connectivity index is 1.69. The average molecular weight is 369 g/mol. The van der Waals surface area contributed by atoms with Crippen LogP contribution in [0.25, 0.3) is 0 Å². The summed E-state index contributed by atoms with van der Waals surface area (Å²) in [6.45, 7) is 3.85. The number of anilines is 1. The summed E-state index contributed by atoms with van der Waals surface area (Å²) < 4.78 is 0. The maximum Gasteiger partial charge on any atom is 0.240 e. The quantitative estimate of drug-likeness (QED) is 0.474. The number of imide groups is 1. The van der Waals surface area contributed by atoms with Crippen LogP contribution in [0, 0.1) is 11.8 Å². The number of benzene rings is 1. The SMILES string of the molecule is CCCCC(=O)N/N=C(/C)c1ccc(N2C(=O)[C@@H]3CCCC[C@H]3C2=O)cc1. The molecule has 0 spiro atoms. The Labute approximate surface area is 160 Å². The Morgan fingerprint density at radius 1 is 1.11 bits per heavy atom. The summed E-state index contributed by atoms with van der Waals surface area (Å²) in [6, 6.07) is 7.21. The minimum absolute atomic E-state index is 0.0639. The molecule has 1 aromatic rings. The normalized spacial score (nSPS) is 22.7. The fourth-order valence-corrected chi connectivity index (χ4v) is 3.87. The van der Waals surface area contributed by atoms with Crippen molar-refractivity contribution in [2.45, 2.75) is 58.8 Å². The van der Waals surface area contributed by atoms with Crippen molar-refractivity contribution in [2.75, 3.05) is 4.90 Å². The highest BCUT2D eigenvalue weighted by atomic mass is 16.2. The number of carbonyl (C=O) groups is 3. The number of amides is 3. The van der Waals surface area contributed by atoms with Gasteiger partial charge in [-0.25, -0.2) is 5.43 Å². The molecule has 0 radical (unpaired) electrons. The molecule has 2 atom stereocenters. The number of carbonyl (C=O) groups excluding carboxylic acids is 3. The first kappa shape index (κ1) is 19.3. The highest BCUT2D eigenvalue weighted by Crippen LogP contribution is 2.40. The molecular formula is C21H27N3O3. The summed E-state index contributed by atoms with van der Waals surface area (Å²) in [6.07, 6.45) is 5.94. The molecule has 3 amide bonds. The average Bonchev–Trinajstić information content (AvgIpc) is 2.95. The molecular weight excluding hydrogens is 342 g/mol. The standard InChI is InChI=1S/C21H27N3O3/c1-3-4-9-19(25)23-22-14(2)15-10-12-16(13-11-15)24-20(26)17-7-5-6-8-18(17)21(24)27/h10-13,17-18H,3-9H2,1-2H3,(H,23,25)/b22-14-/t17-,18-/m1/s1. The third kappa shape index (κ3) is 4.10. The van der Waals surface area contributed by atoms with Gasteiger partial charge in [-0.05, 0) is 43.9 Å². The van der Waals surface area contributed by atoms with Gasteiger partial charge in [-0.1, -0.05) is 38.3 Å². The third-order valence-electron chi connectivity index (χ3n) is 5.49. The number of nitrogens with one attached hydrogen (secondary N) is 1. The van der Waals surface area contributed by atoms with Crippen LogP contribution in [0.2, 0.25) is 0 Å². The van der Waals surface area contributed by atoms with Crippen molar-refractivity contribution in [3.05, 3.63) is 29.8 Å². The Morgan fingerprint density at radius 3 is 2.26 bits per heavy atom. The molecule has 6 heteroatoms. The summed E-state index contributed by atoms with van der Waals surface area (Å²) in [5, 5.41) is 4.13. The lowest BCUT2D eigenvalue weighted by molar-refractivity contribution is -0.123. The molecule has 2 fully saturated rings. The predicted molar refractivity (Wildman–Crippen MR) is 104 cm³/mol. The van der Waals surface area contributed by atoms with Crippen molar-refractivity contribution < 1.29 is 14.4 Å². The van der Waals surface area contributed by atoms with Crippen LogP contribution in [0.1, 0.15) is 64.4 Å². The lowest BCUT2D eigenvalue weighted by Gasteiger charge is -2.19. The van der Waals surface area contributed by atoms with Crippen LogP contribution in [0.4, 0.5) is 5.69 Å². The van der Waals surface area contributed by atoms with Crippen molar-refractivity contribution >= 4 is 29.1 Å². The van der Waals surface area contributed by atoms with Crippen LogP contribution < -0.4 is 10.3 Å². The van der Waals surface area contributed by atoms with Gasteiger partial charge in [0.05, 0.1) is 23.2 Å². The molecule has 27 heavy (non-hydrogen) atoms. The Hall–Kier alpha value is -2.50. The number of hydrazone groups is 1.